The van der Waals surface area contributed by atoms with E-state index < -0.39 is 4.92 Å². The molecular weight excluding hydrogens is 270 g/mol. The highest BCUT2D eigenvalue weighted by molar-refractivity contribution is 5.47. The number of nitro groups is 1. The molecule has 0 radical (unpaired) electrons. The smallest absolute Gasteiger partial charge is 0.274 e. The van der Waals surface area contributed by atoms with Gasteiger partial charge in [0, 0.05) is 31.2 Å². The third-order valence-corrected chi connectivity index (χ3v) is 2.76. The van der Waals surface area contributed by atoms with E-state index in [1.54, 1.807) is 12.5 Å². The van der Waals surface area contributed by atoms with Gasteiger partial charge in [-0.05, 0) is 18.6 Å². The number of anilines is 1. The third-order valence-electron chi connectivity index (χ3n) is 2.76. The number of aryl methyl sites for hydroxylation is 1. The van der Waals surface area contributed by atoms with Gasteiger partial charge in [0.1, 0.15) is 0 Å². The Morgan fingerprint density at radius 3 is 2.86 bits per heavy atom. The van der Waals surface area contributed by atoms with Crippen LogP contribution in [0.1, 0.15) is 6.42 Å². The lowest BCUT2D eigenvalue weighted by atomic mass is 10.3. The summed E-state index contributed by atoms with van der Waals surface area (Å²) in [6.45, 7) is 1.43. The highest BCUT2D eigenvalue weighted by atomic mass is 16.6. The molecule has 0 saturated heterocycles. The van der Waals surface area contributed by atoms with Gasteiger partial charge in [-0.1, -0.05) is 18.2 Å². The molecule has 1 aromatic carbocycles. The fourth-order valence-corrected chi connectivity index (χ4v) is 1.81. The summed E-state index contributed by atoms with van der Waals surface area (Å²) in [7, 11) is 0. The Hall–Kier alpha value is -2.83. The van der Waals surface area contributed by atoms with Crippen molar-refractivity contribution in [3.8, 4) is 0 Å². The second-order valence-electron chi connectivity index (χ2n) is 4.40. The Kier molecular flexibility index (Phi) is 5.33. The number of para-hydroxylation sites is 1. The van der Waals surface area contributed by atoms with Crippen molar-refractivity contribution in [3.05, 3.63) is 71.2 Å². The van der Waals surface area contributed by atoms with Gasteiger partial charge in [0.05, 0.1) is 11.3 Å². The molecule has 0 bridgehead atoms. The van der Waals surface area contributed by atoms with Crippen molar-refractivity contribution in [1.82, 2.24) is 14.9 Å². The number of aromatic nitrogens is 2. The van der Waals surface area contributed by atoms with Crippen LogP contribution in [0.2, 0.25) is 0 Å². The monoisotopic (exact) mass is 287 g/mol. The van der Waals surface area contributed by atoms with Gasteiger partial charge in [-0.15, -0.1) is 0 Å². The minimum absolute atomic E-state index is 0.372. The summed E-state index contributed by atoms with van der Waals surface area (Å²) in [5.74, 6) is 0.372. The lowest BCUT2D eigenvalue weighted by Crippen LogP contribution is -2.22. The number of benzene rings is 1. The SMILES string of the molecule is O=[N+]([O-])/C=C(/NCCCn1ccnc1)Nc1ccccc1. The van der Waals surface area contributed by atoms with Crippen molar-refractivity contribution in [3.63, 3.8) is 0 Å². The quantitative estimate of drug-likeness (QED) is 0.441. The van der Waals surface area contributed by atoms with E-state index in [0.29, 0.717) is 12.4 Å². The minimum Gasteiger partial charge on any atom is -0.366 e. The summed E-state index contributed by atoms with van der Waals surface area (Å²) in [4.78, 5) is 14.1. The molecule has 0 aliphatic rings. The molecule has 0 aliphatic carbocycles. The van der Waals surface area contributed by atoms with E-state index in [1.165, 1.54) is 0 Å². The molecule has 1 heterocycles. The fourth-order valence-electron chi connectivity index (χ4n) is 1.81. The first-order valence-electron chi connectivity index (χ1n) is 6.61. The van der Waals surface area contributed by atoms with Crippen molar-refractivity contribution >= 4 is 5.69 Å². The lowest BCUT2D eigenvalue weighted by molar-refractivity contribution is -0.403. The van der Waals surface area contributed by atoms with Crippen molar-refractivity contribution in [1.29, 1.82) is 0 Å². The number of nitrogens with one attached hydrogen (secondary N) is 2. The number of nitrogens with zero attached hydrogens (tertiary/aromatic N) is 3. The Bertz CT molecular complexity index is 581. The molecular formula is C14H17N5O2. The second-order valence-corrected chi connectivity index (χ2v) is 4.40. The summed E-state index contributed by atoms with van der Waals surface area (Å²) in [5, 5.41) is 16.7. The van der Waals surface area contributed by atoms with Crippen LogP contribution >= 0.6 is 0 Å². The zero-order chi connectivity index (χ0) is 14.9. The van der Waals surface area contributed by atoms with Crippen molar-refractivity contribution < 1.29 is 4.92 Å². The molecule has 0 spiro atoms. The number of rotatable bonds is 8. The van der Waals surface area contributed by atoms with E-state index >= 15 is 0 Å². The largest absolute Gasteiger partial charge is 0.366 e. The number of imidazole rings is 1. The summed E-state index contributed by atoms with van der Waals surface area (Å²) < 4.78 is 1.96. The van der Waals surface area contributed by atoms with Crippen LogP contribution in [0.3, 0.4) is 0 Å². The Balaban J connectivity index is 1.84. The van der Waals surface area contributed by atoms with Crippen LogP contribution in [0.25, 0.3) is 0 Å². The van der Waals surface area contributed by atoms with Gasteiger partial charge in [0.25, 0.3) is 6.20 Å². The van der Waals surface area contributed by atoms with E-state index in [9.17, 15) is 10.1 Å². The van der Waals surface area contributed by atoms with Gasteiger partial charge < -0.3 is 15.2 Å². The van der Waals surface area contributed by atoms with Crippen LogP contribution in [-0.4, -0.2) is 21.0 Å². The normalized spacial score (nSPS) is 11.1. The van der Waals surface area contributed by atoms with E-state index in [1.807, 2.05) is 41.1 Å². The molecule has 0 saturated carbocycles. The molecule has 2 aromatic rings. The van der Waals surface area contributed by atoms with E-state index in [0.717, 1.165) is 24.9 Å². The predicted molar refractivity (Wildman–Crippen MR) is 80.0 cm³/mol. The number of hydrogen-bond donors (Lipinski definition) is 2. The van der Waals surface area contributed by atoms with E-state index in [2.05, 4.69) is 15.6 Å². The van der Waals surface area contributed by atoms with E-state index in [4.69, 9.17) is 0 Å². The van der Waals surface area contributed by atoms with Crippen LogP contribution in [0, 0.1) is 10.1 Å². The highest BCUT2D eigenvalue weighted by Gasteiger charge is 2.03. The molecule has 7 heteroatoms. The first-order valence-corrected chi connectivity index (χ1v) is 6.61. The van der Waals surface area contributed by atoms with Gasteiger partial charge in [-0.3, -0.25) is 10.1 Å². The molecule has 110 valence electrons. The molecule has 1 aromatic heterocycles. The zero-order valence-electron chi connectivity index (χ0n) is 11.5. The molecule has 7 nitrogen and oxygen atoms in total. The molecule has 0 amide bonds. The molecule has 21 heavy (non-hydrogen) atoms. The van der Waals surface area contributed by atoms with Crippen LogP contribution in [-0.2, 0) is 6.54 Å². The second kappa shape index (κ2) is 7.68. The Morgan fingerprint density at radius 2 is 2.19 bits per heavy atom. The summed E-state index contributed by atoms with van der Waals surface area (Å²) in [6, 6.07) is 9.32. The van der Waals surface area contributed by atoms with Crippen LogP contribution in [0.4, 0.5) is 5.69 Å². The fraction of sp³-hybridized carbons (Fsp3) is 0.214. The lowest BCUT2D eigenvalue weighted by Gasteiger charge is -2.11. The van der Waals surface area contributed by atoms with Crippen molar-refractivity contribution in [2.45, 2.75) is 13.0 Å². The van der Waals surface area contributed by atoms with Gasteiger partial charge in [0.15, 0.2) is 5.82 Å². The molecule has 0 unspecified atom stereocenters. The molecule has 0 atom stereocenters. The van der Waals surface area contributed by atoms with Gasteiger partial charge in [0.2, 0.25) is 0 Å². The zero-order valence-corrected chi connectivity index (χ0v) is 11.5. The molecule has 2 rings (SSSR count). The molecule has 2 N–H and O–H groups in total. The average molecular weight is 287 g/mol. The summed E-state index contributed by atoms with van der Waals surface area (Å²) in [5.41, 5.74) is 0.799. The first kappa shape index (κ1) is 14.6. The summed E-state index contributed by atoms with van der Waals surface area (Å²) in [6.07, 6.45) is 7.13. The van der Waals surface area contributed by atoms with Crippen LogP contribution in [0.5, 0.6) is 0 Å². The minimum atomic E-state index is -0.478. The standard InChI is InChI=1S/C14H17N5O2/c20-19(21)11-14(17-13-5-2-1-3-6-13)16-7-4-9-18-10-8-15-12-18/h1-3,5-6,8,10-12,16-17H,4,7,9H2/b14-11-. The highest BCUT2D eigenvalue weighted by Crippen LogP contribution is 2.07. The maximum absolute atomic E-state index is 10.7. The maximum atomic E-state index is 10.7. The number of hydrogen-bond acceptors (Lipinski definition) is 5. The third kappa shape index (κ3) is 5.35. The van der Waals surface area contributed by atoms with Crippen molar-refractivity contribution in [2.24, 2.45) is 0 Å². The average Bonchev–Trinajstić information content (AvgIpc) is 2.97. The topological polar surface area (TPSA) is 85.0 Å². The Morgan fingerprint density at radius 1 is 1.38 bits per heavy atom. The van der Waals surface area contributed by atoms with Gasteiger partial charge >= 0.3 is 0 Å². The predicted octanol–water partition coefficient (Wildman–Crippen LogP) is 2.05. The first-order chi connectivity index (χ1) is 10.2. The van der Waals surface area contributed by atoms with Gasteiger partial charge in [-0.2, -0.15) is 0 Å². The van der Waals surface area contributed by atoms with Crippen molar-refractivity contribution in [2.75, 3.05) is 11.9 Å². The maximum Gasteiger partial charge on any atom is 0.274 e. The van der Waals surface area contributed by atoms with Gasteiger partial charge in [-0.25, -0.2) is 4.98 Å². The van der Waals surface area contributed by atoms with Crippen LogP contribution < -0.4 is 10.6 Å². The van der Waals surface area contributed by atoms with Crippen LogP contribution in [0.15, 0.2) is 61.1 Å². The Labute approximate surface area is 122 Å². The molecule has 0 aliphatic heterocycles. The summed E-state index contributed by atoms with van der Waals surface area (Å²) >= 11 is 0. The molecule has 0 fully saturated rings. The van der Waals surface area contributed by atoms with E-state index in [-0.39, 0.29) is 0 Å².